The first-order valence-corrected chi connectivity index (χ1v) is 7.13. The molecule has 0 saturated heterocycles. The Bertz CT molecular complexity index is 731. The van der Waals surface area contributed by atoms with Crippen LogP contribution in [0.3, 0.4) is 0 Å². The SMILES string of the molecule is Cc1cc(NCc2ccc(Cl)s2)n2nc(C)cc2n1. The van der Waals surface area contributed by atoms with Gasteiger partial charge in [-0.1, -0.05) is 11.6 Å². The third kappa shape index (κ3) is 2.57. The molecular formula is C13H13ClN4S. The van der Waals surface area contributed by atoms with Crippen molar-refractivity contribution in [1.29, 1.82) is 0 Å². The molecule has 3 heterocycles. The molecule has 0 fully saturated rings. The van der Waals surface area contributed by atoms with Crippen LogP contribution in [0.4, 0.5) is 5.82 Å². The third-order valence-electron chi connectivity index (χ3n) is 2.75. The molecule has 0 spiro atoms. The number of halogens is 1. The molecule has 3 aromatic heterocycles. The first-order chi connectivity index (χ1) is 9.11. The van der Waals surface area contributed by atoms with Gasteiger partial charge in [-0.15, -0.1) is 11.3 Å². The number of hydrogen-bond donors (Lipinski definition) is 1. The standard InChI is InChI=1S/C13H13ClN4S/c1-8-5-12(15-7-10-3-4-11(14)19-10)18-13(16-8)6-9(2)17-18/h3-6,15H,7H2,1-2H3. The first kappa shape index (κ1) is 12.4. The van der Waals surface area contributed by atoms with Gasteiger partial charge >= 0.3 is 0 Å². The molecule has 0 saturated carbocycles. The fourth-order valence-electron chi connectivity index (χ4n) is 1.97. The lowest BCUT2D eigenvalue weighted by Gasteiger charge is -2.08. The smallest absolute Gasteiger partial charge is 0.157 e. The number of nitrogens with zero attached hydrogens (tertiary/aromatic N) is 3. The van der Waals surface area contributed by atoms with Gasteiger partial charge in [0.25, 0.3) is 0 Å². The Morgan fingerprint density at radius 1 is 1.26 bits per heavy atom. The van der Waals surface area contributed by atoms with E-state index in [-0.39, 0.29) is 0 Å². The van der Waals surface area contributed by atoms with Crippen LogP contribution in [0.1, 0.15) is 16.3 Å². The maximum Gasteiger partial charge on any atom is 0.157 e. The molecular weight excluding hydrogens is 280 g/mol. The van der Waals surface area contributed by atoms with Crippen LogP contribution in [0.5, 0.6) is 0 Å². The minimum absolute atomic E-state index is 0.731. The molecule has 0 aliphatic heterocycles. The number of hydrogen-bond acceptors (Lipinski definition) is 4. The summed E-state index contributed by atoms with van der Waals surface area (Å²) in [5.74, 6) is 0.945. The van der Waals surface area contributed by atoms with Crippen molar-refractivity contribution < 1.29 is 0 Å². The normalized spacial score (nSPS) is 11.1. The molecule has 0 atom stereocenters. The largest absolute Gasteiger partial charge is 0.365 e. The number of nitrogens with one attached hydrogen (secondary N) is 1. The second-order valence-electron chi connectivity index (χ2n) is 4.40. The Labute approximate surface area is 120 Å². The highest BCUT2D eigenvalue weighted by Gasteiger charge is 2.06. The summed E-state index contributed by atoms with van der Waals surface area (Å²) in [5, 5.41) is 7.82. The minimum atomic E-state index is 0.731. The van der Waals surface area contributed by atoms with Gasteiger partial charge in [-0.3, -0.25) is 0 Å². The molecule has 0 aliphatic rings. The van der Waals surface area contributed by atoms with E-state index >= 15 is 0 Å². The Balaban J connectivity index is 1.91. The summed E-state index contributed by atoms with van der Waals surface area (Å²) >= 11 is 7.51. The second-order valence-corrected chi connectivity index (χ2v) is 6.20. The quantitative estimate of drug-likeness (QED) is 0.801. The lowest BCUT2D eigenvalue weighted by Crippen LogP contribution is -2.05. The molecule has 6 heteroatoms. The molecule has 0 aliphatic carbocycles. The maximum atomic E-state index is 5.93. The van der Waals surface area contributed by atoms with Gasteiger partial charge in [-0.2, -0.15) is 9.61 Å². The Morgan fingerprint density at radius 3 is 2.84 bits per heavy atom. The van der Waals surface area contributed by atoms with Gasteiger partial charge in [0.1, 0.15) is 5.82 Å². The monoisotopic (exact) mass is 292 g/mol. The van der Waals surface area contributed by atoms with Gasteiger partial charge in [0.15, 0.2) is 5.65 Å². The Hall–Kier alpha value is -1.59. The van der Waals surface area contributed by atoms with Crippen molar-refractivity contribution in [1.82, 2.24) is 14.6 Å². The first-order valence-electron chi connectivity index (χ1n) is 5.94. The third-order valence-corrected chi connectivity index (χ3v) is 3.98. The van der Waals surface area contributed by atoms with Crippen LogP contribution in [-0.4, -0.2) is 14.6 Å². The van der Waals surface area contributed by atoms with E-state index in [1.807, 2.05) is 42.6 Å². The zero-order chi connectivity index (χ0) is 13.4. The van der Waals surface area contributed by atoms with E-state index in [4.69, 9.17) is 11.6 Å². The number of anilines is 1. The number of aromatic nitrogens is 3. The Morgan fingerprint density at radius 2 is 2.11 bits per heavy atom. The van der Waals surface area contributed by atoms with Crippen molar-refractivity contribution >= 4 is 34.4 Å². The zero-order valence-corrected chi connectivity index (χ0v) is 12.2. The van der Waals surface area contributed by atoms with Crippen LogP contribution in [0.15, 0.2) is 24.3 Å². The van der Waals surface area contributed by atoms with Crippen LogP contribution in [0.25, 0.3) is 5.65 Å². The van der Waals surface area contributed by atoms with Gasteiger partial charge in [0, 0.05) is 22.7 Å². The zero-order valence-electron chi connectivity index (χ0n) is 10.6. The summed E-state index contributed by atoms with van der Waals surface area (Å²) in [5.41, 5.74) is 2.80. The molecule has 0 unspecified atom stereocenters. The lowest BCUT2D eigenvalue weighted by atomic mass is 10.4. The molecule has 0 aromatic carbocycles. The average molecular weight is 293 g/mol. The van der Waals surface area contributed by atoms with Crippen LogP contribution < -0.4 is 5.32 Å². The highest BCUT2D eigenvalue weighted by molar-refractivity contribution is 7.16. The second kappa shape index (κ2) is 4.83. The van der Waals surface area contributed by atoms with E-state index in [0.29, 0.717) is 0 Å². The topological polar surface area (TPSA) is 42.2 Å². The van der Waals surface area contributed by atoms with Gasteiger partial charge in [0.05, 0.1) is 16.6 Å². The molecule has 98 valence electrons. The van der Waals surface area contributed by atoms with Gasteiger partial charge in [-0.05, 0) is 26.0 Å². The fraction of sp³-hybridized carbons (Fsp3) is 0.231. The van der Waals surface area contributed by atoms with Gasteiger partial charge < -0.3 is 5.32 Å². The molecule has 0 amide bonds. The highest BCUT2D eigenvalue weighted by Crippen LogP contribution is 2.22. The predicted molar refractivity (Wildman–Crippen MR) is 79.1 cm³/mol. The number of fused-ring (bicyclic) bond motifs is 1. The molecule has 0 bridgehead atoms. The van der Waals surface area contributed by atoms with E-state index in [2.05, 4.69) is 15.4 Å². The number of aryl methyl sites for hydroxylation is 2. The molecule has 3 aromatic rings. The predicted octanol–water partition coefficient (Wildman–Crippen LogP) is 3.67. The van der Waals surface area contributed by atoms with Crippen molar-refractivity contribution in [3.05, 3.63) is 44.9 Å². The summed E-state index contributed by atoms with van der Waals surface area (Å²) in [4.78, 5) is 5.65. The fourth-order valence-corrected chi connectivity index (χ4v) is 2.99. The molecule has 19 heavy (non-hydrogen) atoms. The maximum absolute atomic E-state index is 5.93. The summed E-state index contributed by atoms with van der Waals surface area (Å²) in [7, 11) is 0. The highest BCUT2D eigenvalue weighted by atomic mass is 35.5. The minimum Gasteiger partial charge on any atom is -0.365 e. The van der Waals surface area contributed by atoms with Crippen LogP contribution >= 0.6 is 22.9 Å². The summed E-state index contributed by atoms with van der Waals surface area (Å²) < 4.78 is 2.64. The van der Waals surface area contributed by atoms with E-state index in [0.717, 1.165) is 33.7 Å². The van der Waals surface area contributed by atoms with Crippen molar-refractivity contribution in [2.24, 2.45) is 0 Å². The van der Waals surface area contributed by atoms with E-state index in [1.165, 1.54) is 4.88 Å². The Kier molecular flexibility index (Phi) is 3.16. The van der Waals surface area contributed by atoms with Crippen molar-refractivity contribution in [2.45, 2.75) is 20.4 Å². The van der Waals surface area contributed by atoms with Gasteiger partial charge in [0.2, 0.25) is 0 Å². The van der Waals surface area contributed by atoms with Crippen molar-refractivity contribution in [3.63, 3.8) is 0 Å². The molecule has 0 radical (unpaired) electrons. The number of rotatable bonds is 3. The lowest BCUT2D eigenvalue weighted by molar-refractivity contribution is 0.902. The van der Waals surface area contributed by atoms with Crippen molar-refractivity contribution in [3.8, 4) is 0 Å². The van der Waals surface area contributed by atoms with E-state index < -0.39 is 0 Å². The summed E-state index contributed by atoms with van der Waals surface area (Å²) in [6, 6.07) is 7.91. The summed E-state index contributed by atoms with van der Waals surface area (Å²) in [6.45, 7) is 4.68. The number of thiophene rings is 1. The van der Waals surface area contributed by atoms with Crippen LogP contribution in [0.2, 0.25) is 4.34 Å². The van der Waals surface area contributed by atoms with E-state index in [1.54, 1.807) is 11.3 Å². The van der Waals surface area contributed by atoms with Gasteiger partial charge in [-0.25, -0.2) is 4.98 Å². The summed E-state index contributed by atoms with van der Waals surface area (Å²) in [6.07, 6.45) is 0. The molecule has 4 nitrogen and oxygen atoms in total. The average Bonchev–Trinajstić information content (AvgIpc) is 2.91. The van der Waals surface area contributed by atoms with Crippen molar-refractivity contribution in [2.75, 3.05) is 5.32 Å². The molecule has 3 rings (SSSR count). The van der Waals surface area contributed by atoms with E-state index in [9.17, 15) is 0 Å². The molecule has 1 N–H and O–H groups in total. The van der Waals surface area contributed by atoms with Crippen LogP contribution in [0, 0.1) is 13.8 Å². The van der Waals surface area contributed by atoms with Crippen LogP contribution in [-0.2, 0) is 6.54 Å².